The minimum absolute atomic E-state index is 0.588. The van der Waals surface area contributed by atoms with Crippen molar-refractivity contribution in [3.05, 3.63) is 99.8 Å². The van der Waals surface area contributed by atoms with Gasteiger partial charge in [-0.3, -0.25) is 0 Å². The normalized spacial score (nSPS) is 18.4. The highest BCUT2D eigenvalue weighted by atomic mass is 32.2. The molecular weight excluding hydrogens is 514 g/mol. The molecule has 0 amide bonds. The van der Waals surface area contributed by atoms with Crippen LogP contribution in [0.1, 0.15) is 16.7 Å². The lowest BCUT2D eigenvalue weighted by molar-refractivity contribution is 0.00150. The maximum Gasteiger partial charge on any atom is 0.0701 e. The number of para-hydroxylation sites is 2. The Balaban J connectivity index is 1.47. The first-order valence-electron chi connectivity index (χ1n) is 13.2. The first kappa shape index (κ1) is 27.3. The zero-order valence-corrected chi connectivity index (χ0v) is 23.3. The average Bonchev–Trinajstić information content (AvgIpc) is 2.97. The van der Waals surface area contributed by atoms with Gasteiger partial charge in [0.25, 0.3) is 0 Å². The fraction of sp³-hybridized carbons (Fsp3) is 0.355. The second-order valence-electron chi connectivity index (χ2n) is 8.91. The topological polar surface area (TPSA) is 40.2 Å². The molecule has 2 heterocycles. The van der Waals surface area contributed by atoms with Crippen LogP contribution in [0.2, 0.25) is 0 Å². The number of fused-ring (bicyclic) bond motifs is 2. The fourth-order valence-electron chi connectivity index (χ4n) is 4.61. The van der Waals surface area contributed by atoms with Crippen LogP contribution in [0, 0.1) is 0 Å². The zero-order chi connectivity index (χ0) is 25.8. The molecule has 2 aliphatic heterocycles. The molecule has 0 unspecified atom stereocenters. The molecule has 1 fully saturated rings. The van der Waals surface area contributed by atoms with E-state index in [-0.39, 0.29) is 0 Å². The standard InChI is InChI=1S/C31H35NO4S2/c1-2-8-25(9-3-1)24-32-28-12-6-4-10-26(28)30(27-11-5-7-13-29(27)32)31-37-22-20-35-18-16-33-14-15-34-17-19-36-21-23-38-31/h1-13H,14-24H2. The predicted octanol–water partition coefficient (Wildman–Crippen LogP) is 6.60. The quantitative estimate of drug-likeness (QED) is 0.357. The highest BCUT2D eigenvalue weighted by Crippen LogP contribution is 2.50. The Morgan fingerprint density at radius 1 is 0.526 bits per heavy atom. The molecule has 0 aromatic heterocycles. The molecule has 3 aromatic carbocycles. The molecule has 200 valence electrons. The van der Waals surface area contributed by atoms with E-state index in [1.807, 2.05) is 23.5 Å². The lowest BCUT2D eigenvalue weighted by Crippen LogP contribution is -2.23. The van der Waals surface area contributed by atoms with Crippen molar-refractivity contribution in [3.63, 3.8) is 0 Å². The third-order valence-electron chi connectivity index (χ3n) is 6.35. The highest BCUT2D eigenvalue weighted by molar-refractivity contribution is 8.22. The van der Waals surface area contributed by atoms with Gasteiger partial charge in [-0.1, -0.05) is 66.7 Å². The average molecular weight is 550 g/mol. The highest BCUT2D eigenvalue weighted by Gasteiger charge is 2.28. The lowest BCUT2D eigenvalue weighted by Gasteiger charge is -2.35. The smallest absolute Gasteiger partial charge is 0.0701 e. The van der Waals surface area contributed by atoms with Crippen LogP contribution < -0.4 is 4.90 Å². The first-order valence-corrected chi connectivity index (χ1v) is 15.2. The van der Waals surface area contributed by atoms with Gasteiger partial charge in [0.2, 0.25) is 0 Å². The molecule has 3 aromatic rings. The summed E-state index contributed by atoms with van der Waals surface area (Å²) in [6.07, 6.45) is 0. The molecule has 0 radical (unpaired) electrons. The summed E-state index contributed by atoms with van der Waals surface area (Å²) < 4.78 is 24.2. The van der Waals surface area contributed by atoms with E-state index in [1.165, 1.54) is 37.9 Å². The number of ether oxygens (including phenoxy) is 4. The van der Waals surface area contributed by atoms with Crippen LogP contribution in [0.3, 0.4) is 0 Å². The maximum atomic E-state index is 5.87. The van der Waals surface area contributed by atoms with Crippen molar-refractivity contribution in [2.24, 2.45) is 0 Å². The van der Waals surface area contributed by atoms with Crippen molar-refractivity contribution in [3.8, 4) is 0 Å². The van der Waals surface area contributed by atoms with E-state index < -0.39 is 0 Å². The fourth-order valence-corrected chi connectivity index (χ4v) is 6.94. The maximum absolute atomic E-state index is 5.87. The van der Waals surface area contributed by atoms with Gasteiger partial charge in [0.1, 0.15) is 0 Å². The summed E-state index contributed by atoms with van der Waals surface area (Å²) in [4.78, 5) is 2.45. The van der Waals surface area contributed by atoms with E-state index in [2.05, 4.69) is 83.8 Å². The summed E-state index contributed by atoms with van der Waals surface area (Å²) in [7, 11) is 0. The summed E-state index contributed by atoms with van der Waals surface area (Å²) in [5, 5.41) is 0. The zero-order valence-electron chi connectivity index (χ0n) is 21.7. The molecule has 0 bridgehead atoms. The monoisotopic (exact) mass is 549 g/mol. The number of hydrogen-bond donors (Lipinski definition) is 0. The van der Waals surface area contributed by atoms with Crippen LogP contribution >= 0.6 is 23.5 Å². The molecule has 38 heavy (non-hydrogen) atoms. The molecule has 0 saturated carbocycles. The lowest BCUT2D eigenvalue weighted by atomic mass is 9.91. The Morgan fingerprint density at radius 3 is 1.50 bits per heavy atom. The van der Waals surface area contributed by atoms with E-state index >= 15 is 0 Å². The van der Waals surface area contributed by atoms with Crippen LogP contribution in [-0.4, -0.2) is 64.4 Å². The number of hydrogen-bond acceptors (Lipinski definition) is 7. The van der Waals surface area contributed by atoms with E-state index in [9.17, 15) is 0 Å². The third kappa shape index (κ3) is 7.23. The molecule has 0 aliphatic carbocycles. The van der Waals surface area contributed by atoms with Crippen molar-refractivity contribution < 1.29 is 18.9 Å². The van der Waals surface area contributed by atoms with Crippen molar-refractivity contribution >= 4 is 40.5 Å². The molecule has 0 N–H and O–H groups in total. The van der Waals surface area contributed by atoms with Gasteiger partial charge < -0.3 is 23.8 Å². The van der Waals surface area contributed by atoms with Crippen LogP contribution in [0.15, 0.2) is 83.1 Å². The van der Waals surface area contributed by atoms with E-state index in [1.54, 1.807) is 0 Å². The van der Waals surface area contributed by atoms with Crippen molar-refractivity contribution in [1.82, 2.24) is 0 Å². The summed E-state index contributed by atoms with van der Waals surface area (Å²) in [5.74, 6) is 1.77. The number of benzene rings is 3. The Kier molecular flexibility index (Phi) is 10.6. The van der Waals surface area contributed by atoms with E-state index in [0.717, 1.165) is 18.1 Å². The van der Waals surface area contributed by atoms with Gasteiger partial charge in [-0.2, -0.15) is 0 Å². The largest absolute Gasteiger partial charge is 0.378 e. The molecule has 1 saturated heterocycles. The van der Waals surface area contributed by atoms with Crippen molar-refractivity contribution in [1.29, 1.82) is 0 Å². The summed E-state index contributed by atoms with van der Waals surface area (Å²) in [5.41, 5.74) is 7.62. The van der Waals surface area contributed by atoms with Gasteiger partial charge >= 0.3 is 0 Å². The number of thioether (sulfide) groups is 2. The van der Waals surface area contributed by atoms with Gasteiger partial charge in [-0.05, 0) is 17.7 Å². The number of rotatable bonds is 2. The second kappa shape index (κ2) is 14.8. The van der Waals surface area contributed by atoms with Crippen LogP contribution in [0.4, 0.5) is 11.4 Å². The predicted molar refractivity (Wildman–Crippen MR) is 159 cm³/mol. The van der Waals surface area contributed by atoms with Crippen LogP contribution in [0.25, 0.3) is 5.57 Å². The minimum Gasteiger partial charge on any atom is -0.378 e. The van der Waals surface area contributed by atoms with Gasteiger partial charge in [0.15, 0.2) is 0 Å². The van der Waals surface area contributed by atoms with E-state index in [0.29, 0.717) is 52.9 Å². The Labute approximate surface area is 234 Å². The first-order chi connectivity index (χ1) is 18.9. The van der Waals surface area contributed by atoms with E-state index in [4.69, 9.17) is 18.9 Å². The summed E-state index contributed by atoms with van der Waals surface area (Å²) >= 11 is 3.76. The van der Waals surface area contributed by atoms with Crippen LogP contribution in [-0.2, 0) is 25.5 Å². The van der Waals surface area contributed by atoms with Crippen molar-refractivity contribution in [2.45, 2.75) is 6.54 Å². The third-order valence-corrected chi connectivity index (χ3v) is 8.73. The molecule has 0 atom stereocenters. The van der Waals surface area contributed by atoms with Crippen LogP contribution in [0.5, 0.6) is 0 Å². The summed E-state index contributed by atoms with van der Waals surface area (Å²) in [6.45, 7) is 5.74. The molecule has 5 nitrogen and oxygen atoms in total. The Morgan fingerprint density at radius 2 is 0.974 bits per heavy atom. The molecule has 2 aliphatic rings. The molecule has 7 heteroatoms. The minimum atomic E-state index is 0.588. The molecule has 0 spiro atoms. The van der Waals surface area contributed by atoms with Gasteiger partial charge in [0.05, 0.1) is 52.9 Å². The number of nitrogens with zero attached hydrogens (tertiary/aromatic N) is 1. The SMILES string of the molecule is c1ccc(CN2c3ccccc3C(=C3SCCOCCOCCOCCOCCS3)c3ccccc32)cc1. The second-order valence-corrected chi connectivity index (χ2v) is 11.4. The molecule has 5 rings (SSSR count). The number of anilines is 2. The molecular formula is C31H35NO4S2. The summed E-state index contributed by atoms with van der Waals surface area (Å²) in [6, 6.07) is 28.3. The van der Waals surface area contributed by atoms with Crippen molar-refractivity contribution in [2.75, 3.05) is 69.3 Å². The van der Waals surface area contributed by atoms with Gasteiger partial charge in [-0.15, -0.1) is 23.5 Å². The van der Waals surface area contributed by atoms with Gasteiger partial charge in [0, 0.05) is 50.4 Å². The Hall–Kier alpha value is -2.26. The Bertz CT molecular complexity index is 1120. The van der Waals surface area contributed by atoms with Gasteiger partial charge in [-0.25, -0.2) is 0 Å².